The summed E-state index contributed by atoms with van der Waals surface area (Å²) >= 11 is 0. The molecule has 0 unspecified atom stereocenters. The van der Waals surface area contributed by atoms with Crippen molar-refractivity contribution < 1.29 is 13.2 Å². The van der Waals surface area contributed by atoms with Crippen molar-refractivity contribution >= 4 is 0 Å². The zero-order chi connectivity index (χ0) is 13.3. The monoisotopic (exact) mass is 254 g/mol. The highest BCUT2D eigenvalue weighted by atomic mass is 19.4. The molecule has 1 aromatic carbocycles. The molecule has 0 saturated heterocycles. The molecule has 0 N–H and O–H groups in total. The van der Waals surface area contributed by atoms with Crippen molar-refractivity contribution in [2.75, 3.05) is 0 Å². The van der Waals surface area contributed by atoms with E-state index in [9.17, 15) is 13.2 Å². The topological polar surface area (TPSA) is 17.8 Å². The molecular formula is C13H13F3N2. The summed E-state index contributed by atoms with van der Waals surface area (Å²) in [7, 11) is 0. The summed E-state index contributed by atoms with van der Waals surface area (Å²) in [5.74, 6) is 0. The summed E-state index contributed by atoms with van der Waals surface area (Å²) in [5.41, 5.74) is 0.373. The smallest absolute Gasteiger partial charge is 0.334 e. The van der Waals surface area contributed by atoms with Gasteiger partial charge in [-0.3, -0.25) is 0 Å². The lowest BCUT2D eigenvalue weighted by molar-refractivity contribution is -0.137. The highest BCUT2D eigenvalue weighted by Crippen LogP contribution is 2.31. The molecule has 0 fully saturated rings. The van der Waals surface area contributed by atoms with Crippen molar-refractivity contribution in [2.45, 2.75) is 26.1 Å². The SMILES string of the molecule is CC(C)n1cnc(-c2cccc(C(F)(F)F)c2)c1. The number of alkyl halides is 3. The first-order valence-corrected chi connectivity index (χ1v) is 5.59. The van der Waals surface area contributed by atoms with Gasteiger partial charge in [0.05, 0.1) is 17.6 Å². The average Bonchev–Trinajstić information content (AvgIpc) is 2.77. The van der Waals surface area contributed by atoms with Gasteiger partial charge in [0.15, 0.2) is 0 Å². The van der Waals surface area contributed by atoms with Crippen LogP contribution >= 0.6 is 0 Å². The van der Waals surface area contributed by atoms with E-state index in [1.807, 2.05) is 18.4 Å². The van der Waals surface area contributed by atoms with Crippen LogP contribution < -0.4 is 0 Å². The third kappa shape index (κ3) is 2.55. The molecule has 2 nitrogen and oxygen atoms in total. The standard InChI is InChI=1S/C13H13F3N2/c1-9(2)18-7-12(17-8-18)10-4-3-5-11(6-10)13(14,15)16/h3-9H,1-2H3. The third-order valence-corrected chi connectivity index (χ3v) is 2.68. The van der Waals surface area contributed by atoms with E-state index in [-0.39, 0.29) is 6.04 Å². The Kier molecular flexibility index (Phi) is 3.15. The van der Waals surface area contributed by atoms with Gasteiger partial charge < -0.3 is 4.57 Å². The first kappa shape index (κ1) is 12.7. The summed E-state index contributed by atoms with van der Waals surface area (Å²) in [6, 6.07) is 5.43. The summed E-state index contributed by atoms with van der Waals surface area (Å²) in [6.45, 7) is 3.97. The van der Waals surface area contributed by atoms with Gasteiger partial charge in [0, 0.05) is 17.8 Å². The minimum Gasteiger partial charge on any atom is -0.334 e. The molecule has 18 heavy (non-hydrogen) atoms. The van der Waals surface area contributed by atoms with Gasteiger partial charge in [-0.05, 0) is 26.0 Å². The summed E-state index contributed by atoms with van der Waals surface area (Å²) in [4.78, 5) is 4.13. The first-order chi connectivity index (χ1) is 8.38. The zero-order valence-electron chi connectivity index (χ0n) is 10.1. The van der Waals surface area contributed by atoms with Crippen LogP contribution in [0.3, 0.4) is 0 Å². The van der Waals surface area contributed by atoms with E-state index in [0.717, 1.165) is 12.1 Å². The molecule has 0 amide bonds. The van der Waals surface area contributed by atoms with Gasteiger partial charge in [-0.25, -0.2) is 4.98 Å². The van der Waals surface area contributed by atoms with Gasteiger partial charge in [0.25, 0.3) is 0 Å². The van der Waals surface area contributed by atoms with Crippen molar-refractivity contribution in [1.29, 1.82) is 0 Å². The van der Waals surface area contributed by atoms with Crippen molar-refractivity contribution in [3.8, 4) is 11.3 Å². The number of nitrogens with zero attached hydrogens (tertiary/aromatic N) is 2. The largest absolute Gasteiger partial charge is 0.416 e. The maximum absolute atomic E-state index is 12.6. The average molecular weight is 254 g/mol. The maximum atomic E-state index is 12.6. The lowest BCUT2D eigenvalue weighted by atomic mass is 10.1. The highest BCUT2D eigenvalue weighted by Gasteiger charge is 2.30. The van der Waals surface area contributed by atoms with E-state index in [0.29, 0.717) is 11.3 Å². The first-order valence-electron chi connectivity index (χ1n) is 5.59. The molecule has 0 spiro atoms. The molecule has 1 heterocycles. The molecule has 0 bridgehead atoms. The molecule has 0 aliphatic carbocycles. The molecule has 0 aliphatic heterocycles. The summed E-state index contributed by atoms with van der Waals surface area (Å²) < 4.78 is 39.6. The Labute approximate surface area is 103 Å². The molecule has 96 valence electrons. The van der Waals surface area contributed by atoms with Crippen molar-refractivity contribution in [2.24, 2.45) is 0 Å². The van der Waals surface area contributed by atoms with Gasteiger partial charge in [0.2, 0.25) is 0 Å². The van der Waals surface area contributed by atoms with E-state index < -0.39 is 11.7 Å². The zero-order valence-corrected chi connectivity index (χ0v) is 10.1. The summed E-state index contributed by atoms with van der Waals surface area (Å²) in [5, 5.41) is 0. The van der Waals surface area contributed by atoms with Crippen LogP contribution in [0.25, 0.3) is 11.3 Å². The second kappa shape index (κ2) is 4.48. The van der Waals surface area contributed by atoms with E-state index in [4.69, 9.17) is 0 Å². The van der Waals surface area contributed by atoms with Gasteiger partial charge >= 0.3 is 6.18 Å². The Balaban J connectivity index is 2.38. The number of aromatic nitrogens is 2. The van der Waals surface area contributed by atoms with E-state index in [1.54, 1.807) is 18.6 Å². The van der Waals surface area contributed by atoms with Gasteiger partial charge in [-0.15, -0.1) is 0 Å². The quantitative estimate of drug-likeness (QED) is 0.787. The number of hydrogen-bond donors (Lipinski definition) is 0. The Morgan fingerprint density at radius 1 is 1.22 bits per heavy atom. The molecule has 0 atom stereocenters. The lowest BCUT2D eigenvalue weighted by Gasteiger charge is -2.07. The third-order valence-electron chi connectivity index (χ3n) is 2.68. The normalized spacial score (nSPS) is 12.1. The van der Waals surface area contributed by atoms with Gasteiger partial charge in [0.1, 0.15) is 0 Å². The number of halogens is 3. The van der Waals surface area contributed by atoms with Gasteiger partial charge in [-0.1, -0.05) is 12.1 Å². The molecule has 0 saturated carbocycles. The number of benzene rings is 1. The van der Waals surface area contributed by atoms with Gasteiger partial charge in [-0.2, -0.15) is 13.2 Å². The summed E-state index contributed by atoms with van der Waals surface area (Å²) in [6.07, 6.45) is -0.947. The van der Waals surface area contributed by atoms with E-state index in [2.05, 4.69) is 4.98 Å². The fraction of sp³-hybridized carbons (Fsp3) is 0.308. The lowest BCUT2D eigenvalue weighted by Crippen LogP contribution is -2.04. The van der Waals surface area contributed by atoms with Crippen LogP contribution in [0.2, 0.25) is 0 Å². The van der Waals surface area contributed by atoms with Crippen LogP contribution in [0.15, 0.2) is 36.8 Å². The number of hydrogen-bond acceptors (Lipinski definition) is 1. The predicted molar refractivity (Wildman–Crippen MR) is 63.1 cm³/mol. The molecule has 2 rings (SSSR count). The Morgan fingerprint density at radius 3 is 2.50 bits per heavy atom. The van der Waals surface area contributed by atoms with Crippen molar-refractivity contribution in [1.82, 2.24) is 9.55 Å². The van der Waals surface area contributed by atoms with Crippen molar-refractivity contribution in [3.63, 3.8) is 0 Å². The van der Waals surface area contributed by atoms with Crippen molar-refractivity contribution in [3.05, 3.63) is 42.4 Å². The minimum atomic E-state index is -4.32. The fourth-order valence-corrected chi connectivity index (χ4v) is 1.62. The Hall–Kier alpha value is -1.78. The number of rotatable bonds is 2. The number of imidazole rings is 1. The van der Waals surface area contributed by atoms with E-state index >= 15 is 0 Å². The molecule has 2 aromatic rings. The van der Waals surface area contributed by atoms with Crippen LogP contribution in [-0.2, 0) is 6.18 Å². The maximum Gasteiger partial charge on any atom is 0.416 e. The second-order valence-corrected chi connectivity index (χ2v) is 4.38. The fourth-order valence-electron chi connectivity index (χ4n) is 1.62. The van der Waals surface area contributed by atoms with Crippen LogP contribution in [0.5, 0.6) is 0 Å². The predicted octanol–water partition coefficient (Wildman–Crippen LogP) is 4.15. The van der Waals surface area contributed by atoms with E-state index in [1.165, 1.54) is 6.07 Å². The van der Waals surface area contributed by atoms with Crippen LogP contribution in [0.1, 0.15) is 25.5 Å². The Bertz CT molecular complexity index is 541. The van der Waals surface area contributed by atoms with Crippen LogP contribution in [-0.4, -0.2) is 9.55 Å². The molecule has 1 aromatic heterocycles. The molecular weight excluding hydrogens is 241 g/mol. The van der Waals surface area contributed by atoms with Crippen LogP contribution in [0, 0.1) is 0 Å². The molecule has 0 aliphatic rings. The Morgan fingerprint density at radius 2 is 1.94 bits per heavy atom. The highest BCUT2D eigenvalue weighted by molar-refractivity contribution is 5.59. The molecule has 0 radical (unpaired) electrons. The molecule has 5 heteroatoms. The minimum absolute atomic E-state index is 0.233. The second-order valence-electron chi connectivity index (χ2n) is 4.38. The van der Waals surface area contributed by atoms with Crippen LogP contribution in [0.4, 0.5) is 13.2 Å².